The van der Waals surface area contributed by atoms with Gasteiger partial charge in [-0.15, -0.1) is 0 Å². The number of hydrogen-bond acceptors (Lipinski definition) is 2. The lowest BCUT2D eigenvalue weighted by Crippen LogP contribution is -2.46. The van der Waals surface area contributed by atoms with Crippen LogP contribution < -0.4 is 11.1 Å². The first kappa shape index (κ1) is 16.6. The van der Waals surface area contributed by atoms with Crippen molar-refractivity contribution < 1.29 is 18.4 Å². The Labute approximate surface area is 132 Å². The van der Waals surface area contributed by atoms with E-state index in [9.17, 15) is 18.4 Å². The van der Waals surface area contributed by atoms with E-state index in [1.54, 1.807) is 6.07 Å². The van der Waals surface area contributed by atoms with Crippen molar-refractivity contribution in [1.29, 1.82) is 0 Å². The van der Waals surface area contributed by atoms with E-state index < -0.39 is 29.5 Å². The van der Waals surface area contributed by atoms with Gasteiger partial charge in [-0.25, -0.2) is 8.78 Å². The molecule has 0 heterocycles. The van der Waals surface area contributed by atoms with Crippen molar-refractivity contribution in [2.45, 2.75) is 18.9 Å². The number of benzene rings is 2. The molecule has 0 fully saturated rings. The fourth-order valence-corrected chi connectivity index (χ4v) is 2.14. The minimum absolute atomic E-state index is 0.0265. The number of rotatable bonds is 6. The average molecular weight is 318 g/mol. The summed E-state index contributed by atoms with van der Waals surface area (Å²) in [5.41, 5.74) is 6.16. The second kappa shape index (κ2) is 7.49. The predicted octanol–water partition coefficient (Wildman–Crippen LogP) is 1.72. The van der Waals surface area contributed by atoms with E-state index in [1.165, 1.54) is 42.5 Å². The molecule has 0 spiro atoms. The topological polar surface area (TPSA) is 72.2 Å². The van der Waals surface area contributed by atoms with Crippen LogP contribution in [0.15, 0.2) is 48.5 Å². The average Bonchev–Trinajstić information content (AvgIpc) is 2.51. The summed E-state index contributed by atoms with van der Waals surface area (Å²) in [7, 11) is 0. The first-order valence-electron chi connectivity index (χ1n) is 7.02. The van der Waals surface area contributed by atoms with Crippen molar-refractivity contribution in [3.63, 3.8) is 0 Å². The maximum absolute atomic E-state index is 13.6. The third-order valence-corrected chi connectivity index (χ3v) is 3.34. The lowest BCUT2D eigenvalue weighted by atomic mass is 10.0. The molecule has 2 amide bonds. The van der Waals surface area contributed by atoms with Crippen LogP contribution in [-0.4, -0.2) is 17.9 Å². The summed E-state index contributed by atoms with van der Waals surface area (Å²) in [5, 5.41) is 2.48. The van der Waals surface area contributed by atoms with E-state index in [1.807, 2.05) is 0 Å². The Morgan fingerprint density at radius 1 is 1.04 bits per heavy atom. The largest absolute Gasteiger partial charge is 0.368 e. The molecule has 3 N–H and O–H groups in total. The van der Waals surface area contributed by atoms with Gasteiger partial charge in [0.2, 0.25) is 11.8 Å². The predicted molar refractivity (Wildman–Crippen MR) is 81.3 cm³/mol. The van der Waals surface area contributed by atoms with Crippen LogP contribution in [0.2, 0.25) is 0 Å². The third kappa shape index (κ3) is 4.88. The van der Waals surface area contributed by atoms with Gasteiger partial charge in [-0.3, -0.25) is 9.59 Å². The number of amides is 2. The minimum Gasteiger partial charge on any atom is -0.368 e. The lowest BCUT2D eigenvalue weighted by Gasteiger charge is -2.16. The van der Waals surface area contributed by atoms with Gasteiger partial charge in [-0.2, -0.15) is 0 Å². The molecular weight excluding hydrogens is 302 g/mol. The molecule has 0 saturated carbocycles. The Balaban J connectivity index is 2.01. The van der Waals surface area contributed by atoms with Gasteiger partial charge in [0.25, 0.3) is 0 Å². The summed E-state index contributed by atoms with van der Waals surface area (Å²) in [6.45, 7) is 0. The molecule has 2 aromatic rings. The number of nitrogens with two attached hydrogens (primary N) is 1. The van der Waals surface area contributed by atoms with Gasteiger partial charge in [0.15, 0.2) is 0 Å². The summed E-state index contributed by atoms with van der Waals surface area (Å²) in [4.78, 5) is 23.5. The number of hydrogen-bond donors (Lipinski definition) is 2. The molecule has 1 atom stereocenters. The van der Waals surface area contributed by atoms with Crippen LogP contribution in [-0.2, 0) is 22.4 Å². The van der Waals surface area contributed by atoms with E-state index >= 15 is 0 Å². The highest BCUT2D eigenvalue weighted by Crippen LogP contribution is 2.10. The minimum atomic E-state index is -1.01. The number of nitrogens with one attached hydrogen (secondary N) is 1. The van der Waals surface area contributed by atoms with Gasteiger partial charge in [0, 0.05) is 6.42 Å². The summed E-state index contributed by atoms with van der Waals surface area (Å²) < 4.78 is 26.5. The van der Waals surface area contributed by atoms with Crippen molar-refractivity contribution in [3.05, 3.63) is 71.3 Å². The van der Waals surface area contributed by atoms with E-state index in [2.05, 4.69) is 5.32 Å². The number of carbonyl (C=O) groups excluding carboxylic acids is 2. The summed E-state index contributed by atoms with van der Waals surface area (Å²) >= 11 is 0. The molecular formula is C17H16F2N2O2. The van der Waals surface area contributed by atoms with Crippen LogP contribution in [0.25, 0.3) is 0 Å². The lowest BCUT2D eigenvalue weighted by molar-refractivity contribution is -0.127. The number of halogens is 2. The van der Waals surface area contributed by atoms with E-state index in [0.29, 0.717) is 11.1 Å². The molecule has 120 valence electrons. The Morgan fingerprint density at radius 3 is 2.30 bits per heavy atom. The second-order valence-electron chi connectivity index (χ2n) is 5.12. The van der Waals surface area contributed by atoms with E-state index in [-0.39, 0.29) is 12.8 Å². The quantitative estimate of drug-likeness (QED) is 0.851. The Bertz CT molecular complexity index is 702. The molecule has 2 rings (SSSR count). The van der Waals surface area contributed by atoms with E-state index in [0.717, 1.165) is 0 Å². The van der Waals surface area contributed by atoms with Crippen LogP contribution in [0.5, 0.6) is 0 Å². The maximum atomic E-state index is 13.6. The van der Waals surface area contributed by atoms with Crippen molar-refractivity contribution in [3.8, 4) is 0 Å². The molecule has 2 aromatic carbocycles. The molecule has 4 nitrogen and oxygen atoms in total. The Morgan fingerprint density at radius 2 is 1.70 bits per heavy atom. The second-order valence-corrected chi connectivity index (χ2v) is 5.12. The normalized spacial score (nSPS) is 11.7. The van der Waals surface area contributed by atoms with Crippen LogP contribution >= 0.6 is 0 Å². The maximum Gasteiger partial charge on any atom is 0.240 e. The standard InChI is InChI=1S/C17H16F2N2O2/c18-13-7-5-11(6-8-13)9-16(22)21-15(17(20)23)10-12-3-1-2-4-14(12)19/h1-8,15H,9-10H2,(H2,20,23)(H,21,22)/t15-/m1/s1. The highest BCUT2D eigenvalue weighted by molar-refractivity contribution is 5.87. The van der Waals surface area contributed by atoms with Crippen LogP contribution in [0, 0.1) is 11.6 Å². The Kier molecular flexibility index (Phi) is 5.41. The molecule has 6 heteroatoms. The van der Waals surface area contributed by atoms with E-state index in [4.69, 9.17) is 5.73 Å². The molecule has 0 aliphatic carbocycles. The summed E-state index contributed by atoms with van der Waals surface area (Å²) in [6.07, 6.45) is -0.0570. The van der Waals surface area contributed by atoms with Crippen molar-refractivity contribution in [2.24, 2.45) is 5.73 Å². The molecule has 0 saturated heterocycles. The summed E-state index contributed by atoms with van der Waals surface area (Å²) in [6, 6.07) is 10.4. The van der Waals surface area contributed by atoms with Gasteiger partial charge in [-0.1, -0.05) is 30.3 Å². The van der Waals surface area contributed by atoms with Crippen LogP contribution in [0.4, 0.5) is 8.78 Å². The molecule has 0 aliphatic heterocycles. The fourth-order valence-electron chi connectivity index (χ4n) is 2.14. The molecule has 0 aromatic heterocycles. The molecule has 0 bridgehead atoms. The zero-order chi connectivity index (χ0) is 16.8. The molecule has 0 radical (unpaired) electrons. The Hall–Kier alpha value is -2.76. The molecule has 0 unspecified atom stereocenters. The number of primary amides is 1. The van der Waals surface area contributed by atoms with Crippen molar-refractivity contribution in [1.82, 2.24) is 5.32 Å². The van der Waals surface area contributed by atoms with Crippen LogP contribution in [0.3, 0.4) is 0 Å². The monoisotopic (exact) mass is 318 g/mol. The van der Waals surface area contributed by atoms with Crippen LogP contribution in [0.1, 0.15) is 11.1 Å². The first-order chi connectivity index (χ1) is 11.0. The van der Waals surface area contributed by atoms with Crippen molar-refractivity contribution in [2.75, 3.05) is 0 Å². The highest BCUT2D eigenvalue weighted by Gasteiger charge is 2.20. The van der Waals surface area contributed by atoms with Crippen molar-refractivity contribution >= 4 is 11.8 Å². The summed E-state index contributed by atoms with van der Waals surface area (Å²) in [5.74, 6) is -2.06. The molecule has 0 aliphatic rings. The third-order valence-electron chi connectivity index (χ3n) is 3.34. The van der Waals surface area contributed by atoms with Gasteiger partial charge >= 0.3 is 0 Å². The fraction of sp³-hybridized carbons (Fsp3) is 0.176. The zero-order valence-corrected chi connectivity index (χ0v) is 12.3. The molecule has 23 heavy (non-hydrogen) atoms. The zero-order valence-electron chi connectivity index (χ0n) is 12.3. The first-order valence-corrected chi connectivity index (χ1v) is 7.02. The van der Waals surface area contributed by atoms with Gasteiger partial charge in [0.1, 0.15) is 17.7 Å². The van der Waals surface area contributed by atoms with Gasteiger partial charge in [0.05, 0.1) is 6.42 Å². The van der Waals surface area contributed by atoms with Gasteiger partial charge < -0.3 is 11.1 Å². The van der Waals surface area contributed by atoms with Gasteiger partial charge in [-0.05, 0) is 29.3 Å². The smallest absolute Gasteiger partial charge is 0.240 e. The SMILES string of the molecule is NC(=O)[C@@H](Cc1ccccc1F)NC(=O)Cc1ccc(F)cc1. The number of carbonyl (C=O) groups is 2. The highest BCUT2D eigenvalue weighted by atomic mass is 19.1.